The van der Waals surface area contributed by atoms with E-state index in [2.05, 4.69) is 10.6 Å². The summed E-state index contributed by atoms with van der Waals surface area (Å²) in [6, 6.07) is 5.29. The van der Waals surface area contributed by atoms with Crippen LogP contribution in [-0.4, -0.2) is 36.5 Å². The quantitative estimate of drug-likeness (QED) is 0.702. The van der Waals surface area contributed by atoms with Crippen molar-refractivity contribution in [2.24, 2.45) is 0 Å². The summed E-state index contributed by atoms with van der Waals surface area (Å²) in [5.74, 6) is 1.35. The van der Waals surface area contributed by atoms with Crippen LogP contribution in [0.15, 0.2) is 18.2 Å². The number of aliphatic hydroxyl groups is 1. The van der Waals surface area contributed by atoms with E-state index in [0.29, 0.717) is 25.3 Å². The van der Waals surface area contributed by atoms with E-state index in [-0.39, 0.29) is 18.7 Å². The first kappa shape index (κ1) is 12.3. The van der Waals surface area contributed by atoms with Crippen LogP contribution in [0, 0.1) is 0 Å². The Morgan fingerprint density at radius 3 is 3.05 bits per heavy atom. The van der Waals surface area contributed by atoms with E-state index in [1.807, 2.05) is 18.2 Å². The first-order valence-corrected chi connectivity index (χ1v) is 6.30. The summed E-state index contributed by atoms with van der Waals surface area (Å²) in [6.45, 7) is 1.15. The van der Waals surface area contributed by atoms with E-state index < -0.39 is 6.10 Å². The number of benzene rings is 1. The summed E-state index contributed by atoms with van der Waals surface area (Å²) in [7, 11) is 0. The molecule has 0 spiro atoms. The van der Waals surface area contributed by atoms with Crippen LogP contribution in [0.1, 0.15) is 12.0 Å². The summed E-state index contributed by atoms with van der Waals surface area (Å²) in [4.78, 5) is 11.9. The van der Waals surface area contributed by atoms with Crippen molar-refractivity contribution in [2.75, 3.05) is 13.3 Å². The van der Waals surface area contributed by atoms with Gasteiger partial charge in [-0.25, -0.2) is 0 Å². The Morgan fingerprint density at radius 2 is 2.26 bits per heavy atom. The Morgan fingerprint density at radius 1 is 1.42 bits per heavy atom. The minimum atomic E-state index is -0.429. The molecule has 3 N–H and O–H groups in total. The lowest BCUT2D eigenvalue weighted by Crippen LogP contribution is -2.39. The minimum Gasteiger partial charge on any atom is -0.454 e. The molecule has 102 valence electrons. The third kappa shape index (κ3) is 2.64. The fourth-order valence-corrected chi connectivity index (χ4v) is 2.28. The number of ether oxygens (including phenoxy) is 2. The molecule has 0 saturated carbocycles. The molecule has 19 heavy (non-hydrogen) atoms. The monoisotopic (exact) mass is 264 g/mol. The molecule has 1 amide bonds. The molecular formula is C13H16N2O4. The standard InChI is InChI=1S/C13H16N2O4/c16-9-4-10(14-6-9)13(17)15-5-8-1-2-11-12(3-8)19-7-18-11/h1-3,9-10,14,16H,4-7H2,(H,15,17)/t9-,10+/m0/s1. The van der Waals surface area contributed by atoms with Gasteiger partial charge in [0, 0.05) is 13.1 Å². The van der Waals surface area contributed by atoms with Crippen molar-refractivity contribution >= 4 is 5.91 Å². The predicted octanol–water partition coefficient (Wildman–Crippen LogP) is -0.246. The number of amides is 1. The number of hydrogen-bond donors (Lipinski definition) is 3. The second kappa shape index (κ2) is 5.07. The molecule has 1 fully saturated rings. The average molecular weight is 264 g/mol. The van der Waals surface area contributed by atoms with Gasteiger partial charge < -0.3 is 25.2 Å². The fraction of sp³-hybridized carbons (Fsp3) is 0.462. The van der Waals surface area contributed by atoms with Crippen LogP contribution in [0.2, 0.25) is 0 Å². The number of fused-ring (bicyclic) bond motifs is 1. The fourth-order valence-electron chi connectivity index (χ4n) is 2.28. The molecule has 2 aliphatic heterocycles. The third-order valence-corrected chi connectivity index (χ3v) is 3.33. The third-order valence-electron chi connectivity index (χ3n) is 3.33. The minimum absolute atomic E-state index is 0.0887. The topological polar surface area (TPSA) is 79.8 Å². The Bertz CT molecular complexity index is 492. The molecule has 1 aromatic carbocycles. The highest BCUT2D eigenvalue weighted by Crippen LogP contribution is 2.32. The van der Waals surface area contributed by atoms with Crippen LogP contribution >= 0.6 is 0 Å². The van der Waals surface area contributed by atoms with Crippen LogP contribution in [-0.2, 0) is 11.3 Å². The number of aliphatic hydroxyl groups excluding tert-OH is 1. The van der Waals surface area contributed by atoms with Crippen molar-refractivity contribution in [3.05, 3.63) is 23.8 Å². The molecule has 3 rings (SSSR count). The molecule has 0 aliphatic carbocycles. The molecule has 0 bridgehead atoms. The van der Waals surface area contributed by atoms with Crippen molar-refractivity contribution in [3.8, 4) is 11.5 Å². The van der Waals surface area contributed by atoms with Gasteiger partial charge in [0.1, 0.15) is 0 Å². The van der Waals surface area contributed by atoms with Crippen LogP contribution in [0.3, 0.4) is 0 Å². The highest BCUT2D eigenvalue weighted by molar-refractivity contribution is 5.82. The maximum absolute atomic E-state index is 11.9. The maximum atomic E-state index is 11.9. The van der Waals surface area contributed by atoms with Crippen molar-refractivity contribution < 1.29 is 19.4 Å². The van der Waals surface area contributed by atoms with Gasteiger partial charge in [0.05, 0.1) is 12.1 Å². The van der Waals surface area contributed by atoms with Crippen molar-refractivity contribution in [1.82, 2.24) is 10.6 Å². The van der Waals surface area contributed by atoms with Gasteiger partial charge in [-0.15, -0.1) is 0 Å². The SMILES string of the molecule is O=C(NCc1ccc2c(c1)OCO2)[C@H]1C[C@H](O)CN1. The zero-order valence-corrected chi connectivity index (χ0v) is 10.4. The second-order valence-electron chi connectivity index (χ2n) is 4.76. The number of carbonyl (C=O) groups is 1. The number of rotatable bonds is 3. The van der Waals surface area contributed by atoms with Crippen LogP contribution in [0.25, 0.3) is 0 Å². The van der Waals surface area contributed by atoms with Crippen molar-refractivity contribution in [3.63, 3.8) is 0 Å². The highest BCUT2D eigenvalue weighted by atomic mass is 16.7. The Balaban J connectivity index is 1.56. The van der Waals surface area contributed by atoms with Crippen LogP contribution in [0.5, 0.6) is 11.5 Å². The lowest BCUT2D eigenvalue weighted by atomic mass is 10.1. The van der Waals surface area contributed by atoms with Crippen molar-refractivity contribution in [2.45, 2.75) is 25.1 Å². The molecular weight excluding hydrogens is 248 g/mol. The number of hydrogen-bond acceptors (Lipinski definition) is 5. The molecule has 0 aromatic heterocycles. The Hall–Kier alpha value is -1.79. The van der Waals surface area contributed by atoms with Gasteiger partial charge in [0.2, 0.25) is 12.7 Å². The van der Waals surface area contributed by atoms with E-state index >= 15 is 0 Å². The molecule has 2 heterocycles. The molecule has 0 unspecified atom stereocenters. The van der Waals surface area contributed by atoms with E-state index in [9.17, 15) is 9.90 Å². The Kier molecular flexibility index (Phi) is 3.27. The average Bonchev–Trinajstić information content (AvgIpc) is 3.03. The molecule has 6 nitrogen and oxygen atoms in total. The van der Waals surface area contributed by atoms with Gasteiger partial charge in [-0.05, 0) is 24.1 Å². The van der Waals surface area contributed by atoms with E-state index in [1.54, 1.807) is 0 Å². The van der Waals surface area contributed by atoms with Crippen LogP contribution < -0.4 is 20.1 Å². The first-order chi connectivity index (χ1) is 9.22. The summed E-state index contributed by atoms with van der Waals surface area (Å²) in [5.41, 5.74) is 0.955. The predicted molar refractivity (Wildman–Crippen MR) is 66.8 cm³/mol. The molecule has 2 aliphatic rings. The zero-order valence-electron chi connectivity index (χ0n) is 10.4. The van der Waals surface area contributed by atoms with Gasteiger partial charge >= 0.3 is 0 Å². The molecule has 2 atom stereocenters. The van der Waals surface area contributed by atoms with Crippen molar-refractivity contribution in [1.29, 1.82) is 0 Å². The molecule has 1 saturated heterocycles. The molecule has 1 aromatic rings. The van der Waals surface area contributed by atoms with Gasteiger partial charge in [-0.1, -0.05) is 6.07 Å². The number of carbonyl (C=O) groups excluding carboxylic acids is 1. The number of nitrogens with one attached hydrogen (secondary N) is 2. The molecule has 0 radical (unpaired) electrons. The number of β-amino-alcohol motifs (C(OH)–C–C–N with tert-alkyl or cyclic N) is 1. The van der Waals surface area contributed by atoms with E-state index in [0.717, 1.165) is 11.3 Å². The lowest BCUT2D eigenvalue weighted by Gasteiger charge is -2.11. The van der Waals surface area contributed by atoms with E-state index in [1.165, 1.54) is 0 Å². The normalized spacial score (nSPS) is 24.5. The Labute approximate surface area is 110 Å². The van der Waals surface area contributed by atoms with Gasteiger partial charge in [-0.3, -0.25) is 4.79 Å². The summed E-state index contributed by atoms with van der Waals surface area (Å²) >= 11 is 0. The lowest BCUT2D eigenvalue weighted by molar-refractivity contribution is -0.123. The van der Waals surface area contributed by atoms with Gasteiger partial charge in [0.15, 0.2) is 11.5 Å². The molecule has 6 heteroatoms. The largest absolute Gasteiger partial charge is 0.454 e. The smallest absolute Gasteiger partial charge is 0.237 e. The van der Waals surface area contributed by atoms with Gasteiger partial charge in [0.25, 0.3) is 0 Å². The second-order valence-corrected chi connectivity index (χ2v) is 4.76. The van der Waals surface area contributed by atoms with Gasteiger partial charge in [-0.2, -0.15) is 0 Å². The highest BCUT2D eigenvalue weighted by Gasteiger charge is 2.27. The summed E-state index contributed by atoms with van der Waals surface area (Å²) < 4.78 is 10.5. The summed E-state index contributed by atoms with van der Waals surface area (Å²) in [5, 5.41) is 15.2. The zero-order chi connectivity index (χ0) is 13.2. The van der Waals surface area contributed by atoms with E-state index in [4.69, 9.17) is 9.47 Å². The maximum Gasteiger partial charge on any atom is 0.237 e. The first-order valence-electron chi connectivity index (χ1n) is 6.30. The van der Waals surface area contributed by atoms with Crippen LogP contribution in [0.4, 0.5) is 0 Å². The summed E-state index contributed by atoms with van der Waals surface area (Å²) in [6.07, 6.45) is 0.0359.